The van der Waals surface area contributed by atoms with Crippen LogP contribution in [-0.2, 0) is 54.3 Å². The molecule has 0 amide bonds. The maximum absolute atomic E-state index is 5.43. The second-order valence-electron chi connectivity index (χ2n) is 31.3. The molecule has 2 aromatic heterocycles. The molecule has 0 atom stereocenters. The Kier molecular flexibility index (Phi) is 19.1. The van der Waals surface area contributed by atoms with Gasteiger partial charge in [0.15, 0.2) is 0 Å². The number of para-hydroxylation sites is 2. The minimum absolute atomic E-state index is 0. The van der Waals surface area contributed by atoms with E-state index in [1.807, 2.05) is 30.3 Å². The Balaban J connectivity index is 0.000000113. The summed E-state index contributed by atoms with van der Waals surface area (Å²) in [4.78, 5) is 19.4. The standard InChI is InChI=1S/C36H31N2.C34H29N2.2C16H12N2.2Ir/c1-21(2)27-15-10-16-28(22(3)4)33(27)36-37-34-30-14-9-8-13-29(30)31-19-25-17-23-11-6-7-12-24(23)18-26(25)20-32(31)35(34)38(36)5;1-19(2)23-13-9-14-24(20(3)4)31(23)34-35-32-27-15-8-11-21-16-17-26-25-12-7-6-10-22(25)18-28(30(26)29(21)27)33(32)36(34)5;2*1-17-10-16-14-8-3-2-6-12(14)13-7-4-5-9-15(13)18(16)11-17;;/h6-13,15-22H,1-5H3;6-14,16-20H,1-5H3;2*2-8,10-11H,1H3;;/q2*-1;2*-2;2*+3. The first-order chi connectivity index (χ1) is 53.6. The third-order valence-electron chi connectivity index (χ3n) is 23.1. The molecule has 0 unspecified atom stereocenters. The molecular formula is C102H84Ir2N8. The number of fused-ring (bicyclic) bond motifs is 25. The number of aromatic nitrogens is 4. The third-order valence-corrected chi connectivity index (χ3v) is 23.1. The van der Waals surface area contributed by atoms with Crippen molar-refractivity contribution in [2.75, 3.05) is 23.9 Å². The zero-order valence-electron chi connectivity index (χ0n) is 65.0. The van der Waals surface area contributed by atoms with Gasteiger partial charge in [-0.2, -0.15) is 61.9 Å². The molecule has 112 heavy (non-hydrogen) atoms. The normalized spacial score (nSPS) is 13.3. The van der Waals surface area contributed by atoms with Crippen molar-refractivity contribution in [2.24, 2.45) is 14.1 Å². The molecule has 10 heteroatoms. The van der Waals surface area contributed by atoms with Crippen LogP contribution < -0.4 is 9.80 Å². The fraction of sp³-hybridized carbons (Fsp3) is 0.157. The van der Waals surface area contributed by atoms with Gasteiger partial charge in [-0.3, -0.25) is 9.97 Å². The summed E-state index contributed by atoms with van der Waals surface area (Å²) in [5.74, 6) is 3.71. The molecule has 0 radical (unpaired) electrons. The minimum Gasteiger partial charge on any atom is -0.510 e. The fourth-order valence-electron chi connectivity index (χ4n) is 18.0. The summed E-state index contributed by atoms with van der Waals surface area (Å²) in [6.07, 6.45) is 4.31. The molecule has 8 nitrogen and oxygen atoms in total. The summed E-state index contributed by atoms with van der Waals surface area (Å²) in [5.41, 5.74) is 24.8. The van der Waals surface area contributed by atoms with Crippen LogP contribution in [0.15, 0.2) is 255 Å². The molecule has 0 saturated carbocycles. The molecular weight excluding hydrogens is 1720 g/mol. The van der Waals surface area contributed by atoms with Crippen molar-refractivity contribution >= 4 is 131 Å². The number of benzene rings is 16. The Morgan fingerprint density at radius 2 is 0.732 bits per heavy atom. The van der Waals surface area contributed by atoms with Gasteiger partial charge in [-0.1, -0.05) is 246 Å². The van der Waals surface area contributed by atoms with E-state index in [1.165, 1.54) is 165 Å². The topological polar surface area (TPSA) is 48.6 Å². The first-order valence-electron chi connectivity index (χ1n) is 38.6. The van der Waals surface area contributed by atoms with E-state index in [9.17, 15) is 0 Å². The Morgan fingerprint density at radius 1 is 0.312 bits per heavy atom. The fourth-order valence-corrected chi connectivity index (χ4v) is 18.0. The SMILES string of the molecule is CC(C)c1cccc(C(C)C)c1-c1nc2c3[c-]ccc4ccc5c6ccccc6cc(c5c43)c2n1C.CC(C)c1cccc(C(C)C)c1-c1nc2c3[c-]cccc3c3cc4cc5ccccc5cc4cc3c2n1C.CN1C=C2c3ccccc3-c3ccc[c-]c3N2[CH-]1.CN1C=C2c3ccccc3-c3ccc[c-]c3N2[CH-]1.[Ir+3].[Ir+3]. The molecule has 0 fully saturated rings. The van der Waals surface area contributed by atoms with Gasteiger partial charge in [0.2, 0.25) is 0 Å². The molecule has 0 spiro atoms. The Morgan fingerprint density at radius 3 is 1.26 bits per heavy atom. The third kappa shape index (κ3) is 12.0. The maximum atomic E-state index is 5.43. The van der Waals surface area contributed by atoms with Gasteiger partial charge in [0.1, 0.15) is 11.6 Å². The minimum atomic E-state index is 0. The summed E-state index contributed by atoms with van der Waals surface area (Å²) in [6, 6.07) is 101. The molecule has 0 bridgehead atoms. The van der Waals surface area contributed by atoms with E-state index in [1.54, 1.807) is 0 Å². The summed E-state index contributed by atoms with van der Waals surface area (Å²) < 4.78 is 4.67. The second kappa shape index (κ2) is 29.1. The maximum Gasteiger partial charge on any atom is 3.00 e. The van der Waals surface area contributed by atoms with Gasteiger partial charge < -0.3 is 28.7 Å². The van der Waals surface area contributed by atoms with Crippen LogP contribution in [0.3, 0.4) is 0 Å². The van der Waals surface area contributed by atoms with Gasteiger partial charge in [0, 0.05) is 58.7 Å². The molecule has 0 aliphatic carbocycles. The van der Waals surface area contributed by atoms with Gasteiger partial charge in [-0.25, -0.2) is 0 Å². The summed E-state index contributed by atoms with van der Waals surface area (Å²) in [7, 11) is 8.48. The number of aryl methyl sites for hydroxylation is 2. The number of hydrogen-bond donors (Lipinski definition) is 0. The van der Waals surface area contributed by atoms with Gasteiger partial charge >= 0.3 is 40.2 Å². The predicted octanol–water partition coefficient (Wildman–Crippen LogP) is 25.9. The zero-order valence-corrected chi connectivity index (χ0v) is 69.7. The van der Waals surface area contributed by atoms with Crippen molar-refractivity contribution < 1.29 is 40.2 Å². The van der Waals surface area contributed by atoms with Crippen LogP contribution in [0.1, 0.15) is 112 Å². The summed E-state index contributed by atoms with van der Waals surface area (Å²) >= 11 is 0. The van der Waals surface area contributed by atoms with Crippen molar-refractivity contribution in [3.63, 3.8) is 0 Å². The Bertz CT molecular complexity index is 6680. The number of rotatable bonds is 6. The van der Waals surface area contributed by atoms with E-state index in [2.05, 4.69) is 375 Å². The number of anilines is 2. The molecule has 22 rings (SSSR count). The van der Waals surface area contributed by atoms with E-state index in [0.29, 0.717) is 23.7 Å². The number of hydrogen-bond acceptors (Lipinski definition) is 6. The average molecular weight is 1810 g/mol. The summed E-state index contributed by atoms with van der Waals surface area (Å²) in [5, 5.41) is 19.9. The molecule has 6 heterocycles. The number of imidazole rings is 2. The second-order valence-corrected chi connectivity index (χ2v) is 31.3. The van der Waals surface area contributed by atoms with Gasteiger partial charge in [-0.05, 0) is 162 Å². The van der Waals surface area contributed by atoms with Crippen LogP contribution in [0.4, 0.5) is 11.4 Å². The van der Waals surface area contributed by atoms with Crippen LogP contribution in [0.2, 0.25) is 0 Å². The van der Waals surface area contributed by atoms with Gasteiger partial charge in [-0.15, -0.1) is 69.8 Å². The Hall–Kier alpha value is -11.2. The van der Waals surface area contributed by atoms with Gasteiger partial charge in [0.05, 0.1) is 0 Å². The van der Waals surface area contributed by atoms with Crippen LogP contribution in [0, 0.1) is 37.6 Å². The van der Waals surface area contributed by atoms with Crippen molar-refractivity contribution in [1.82, 2.24) is 28.9 Å². The van der Waals surface area contributed by atoms with Crippen molar-refractivity contribution in [3.05, 3.63) is 326 Å². The molecule has 18 aromatic rings. The van der Waals surface area contributed by atoms with Crippen LogP contribution >= 0.6 is 0 Å². The first kappa shape index (κ1) is 73.6. The molecule has 4 aliphatic rings. The monoisotopic (exact) mass is 1810 g/mol. The van der Waals surface area contributed by atoms with E-state index in [-0.39, 0.29) is 40.2 Å². The van der Waals surface area contributed by atoms with Crippen LogP contribution in [-0.4, -0.2) is 43.0 Å². The molecule has 4 aliphatic heterocycles. The first-order valence-corrected chi connectivity index (χ1v) is 38.6. The molecule has 0 N–H and O–H groups in total. The van der Waals surface area contributed by atoms with Crippen molar-refractivity contribution in [2.45, 2.75) is 79.1 Å². The van der Waals surface area contributed by atoms with Crippen LogP contribution in [0.5, 0.6) is 0 Å². The predicted molar refractivity (Wildman–Crippen MR) is 464 cm³/mol. The quantitative estimate of drug-likeness (QED) is 0.0939. The zero-order chi connectivity index (χ0) is 75.1. The number of nitrogens with zero attached hydrogens (tertiary/aromatic N) is 8. The average Bonchev–Trinajstić information content (AvgIpc) is 1.46. The van der Waals surface area contributed by atoms with Crippen molar-refractivity contribution in [3.8, 4) is 45.0 Å². The van der Waals surface area contributed by atoms with Crippen LogP contribution in [0.25, 0.3) is 165 Å². The molecule has 0 saturated heterocycles. The molecule has 16 aromatic carbocycles. The smallest absolute Gasteiger partial charge is 0.510 e. The van der Waals surface area contributed by atoms with E-state index in [4.69, 9.17) is 9.97 Å². The van der Waals surface area contributed by atoms with E-state index < -0.39 is 0 Å². The van der Waals surface area contributed by atoms with Crippen molar-refractivity contribution in [1.29, 1.82) is 0 Å². The van der Waals surface area contributed by atoms with Gasteiger partial charge in [0.25, 0.3) is 0 Å². The van der Waals surface area contributed by atoms with E-state index in [0.717, 1.165) is 44.8 Å². The largest absolute Gasteiger partial charge is 3.00 e. The van der Waals surface area contributed by atoms with E-state index >= 15 is 0 Å². The summed E-state index contributed by atoms with van der Waals surface area (Å²) in [6.45, 7) is 22.4. The molecule has 550 valence electrons. The Labute approximate surface area is 683 Å².